The third-order valence-electron chi connectivity index (χ3n) is 2.15. The third-order valence-corrected chi connectivity index (χ3v) is 2.15. The van der Waals surface area contributed by atoms with Crippen LogP contribution in [0.3, 0.4) is 0 Å². The summed E-state index contributed by atoms with van der Waals surface area (Å²) in [6, 6.07) is 7.68. The number of ether oxygens (including phenoxy) is 1. The molecule has 2 heterocycles. The van der Waals surface area contributed by atoms with Gasteiger partial charge in [0.15, 0.2) is 0 Å². The summed E-state index contributed by atoms with van der Waals surface area (Å²) in [7, 11) is 0. The lowest BCUT2D eigenvalue weighted by molar-refractivity contribution is 0.133. The van der Waals surface area contributed by atoms with Crippen LogP contribution in [-0.4, -0.2) is 13.2 Å². The van der Waals surface area contributed by atoms with Crippen LogP contribution in [0.25, 0.3) is 0 Å². The fourth-order valence-corrected chi connectivity index (χ4v) is 1.36. The maximum Gasteiger partial charge on any atom is 0.106 e. The van der Waals surface area contributed by atoms with Crippen molar-refractivity contribution in [3.63, 3.8) is 0 Å². The first kappa shape index (κ1) is 10.1. The van der Waals surface area contributed by atoms with Crippen molar-refractivity contribution in [3.8, 4) is 0 Å². The standard InChI is InChI=1S/C12H14O3/c1-3-11(14-7-1)5-9-13-10-6-12-4-2-8-15-12/h1-4,7-8H,5-6,9-10H2. The van der Waals surface area contributed by atoms with Crippen molar-refractivity contribution in [1.82, 2.24) is 0 Å². The molecule has 0 N–H and O–H groups in total. The zero-order valence-electron chi connectivity index (χ0n) is 8.52. The van der Waals surface area contributed by atoms with E-state index in [4.69, 9.17) is 13.6 Å². The predicted molar refractivity (Wildman–Crippen MR) is 55.6 cm³/mol. The largest absolute Gasteiger partial charge is 0.469 e. The number of hydrogen-bond acceptors (Lipinski definition) is 3. The summed E-state index contributed by atoms with van der Waals surface area (Å²) >= 11 is 0. The fraction of sp³-hybridized carbons (Fsp3) is 0.333. The lowest BCUT2D eigenvalue weighted by Crippen LogP contribution is -2.01. The molecule has 2 rings (SSSR count). The number of furan rings is 2. The Labute approximate surface area is 88.7 Å². The molecular formula is C12H14O3. The van der Waals surface area contributed by atoms with Crippen LogP contribution in [0.4, 0.5) is 0 Å². The van der Waals surface area contributed by atoms with Crippen molar-refractivity contribution >= 4 is 0 Å². The molecule has 0 fully saturated rings. The molecule has 0 saturated heterocycles. The molecule has 3 heteroatoms. The maximum absolute atomic E-state index is 5.46. The average molecular weight is 206 g/mol. The summed E-state index contributed by atoms with van der Waals surface area (Å²) in [5.74, 6) is 1.93. The second-order valence-corrected chi connectivity index (χ2v) is 3.27. The summed E-state index contributed by atoms with van der Waals surface area (Å²) in [4.78, 5) is 0. The summed E-state index contributed by atoms with van der Waals surface area (Å²) in [5.41, 5.74) is 0. The smallest absolute Gasteiger partial charge is 0.106 e. The summed E-state index contributed by atoms with van der Waals surface area (Å²) < 4.78 is 15.8. The van der Waals surface area contributed by atoms with Gasteiger partial charge in [-0.25, -0.2) is 0 Å². The van der Waals surface area contributed by atoms with Gasteiger partial charge in [0.25, 0.3) is 0 Å². The number of hydrogen-bond donors (Lipinski definition) is 0. The van der Waals surface area contributed by atoms with Crippen LogP contribution in [0.1, 0.15) is 11.5 Å². The molecule has 80 valence electrons. The number of rotatable bonds is 6. The molecule has 3 nitrogen and oxygen atoms in total. The molecule has 0 aliphatic carbocycles. The van der Waals surface area contributed by atoms with Crippen LogP contribution in [0.15, 0.2) is 45.6 Å². The zero-order valence-corrected chi connectivity index (χ0v) is 8.52. The molecule has 0 bridgehead atoms. The van der Waals surface area contributed by atoms with Gasteiger partial charge >= 0.3 is 0 Å². The Bertz CT molecular complexity index is 312. The van der Waals surface area contributed by atoms with Gasteiger partial charge in [0, 0.05) is 12.8 Å². The van der Waals surface area contributed by atoms with Gasteiger partial charge in [0.1, 0.15) is 11.5 Å². The van der Waals surface area contributed by atoms with Crippen LogP contribution in [-0.2, 0) is 17.6 Å². The topological polar surface area (TPSA) is 35.5 Å². The Balaban J connectivity index is 1.56. The molecule has 0 aliphatic heterocycles. The van der Waals surface area contributed by atoms with E-state index in [1.165, 1.54) is 0 Å². The van der Waals surface area contributed by atoms with Gasteiger partial charge in [0.05, 0.1) is 25.7 Å². The van der Waals surface area contributed by atoms with Gasteiger partial charge in [-0.15, -0.1) is 0 Å². The molecule has 0 unspecified atom stereocenters. The van der Waals surface area contributed by atoms with Gasteiger partial charge in [-0.3, -0.25) is 0 Å². The van der Waals surface area contributed by atoms with Crippen LogP contribution in [0.2, 0.25) is 0 Å². The van der Waals surface area contributed by atoms with E-state index in [9.17, 15) is 0 Å². The minimum Gasteiger partial charge on any atom is -0.469 e. The van der Waals surface area contributed by atoms with E-state index in [1.54, 1.807) is 12.5 Å². The molecule has 0 aromatic carbocycles. The van der Waals surface area contributed by atoms with E-state index < -0.39 is 0 Å². The zero-order chi connectivity index (χ0) is 10.3. The highest BCUT2D eigenvalue weighted by atomic mass is 16.5. The van der Waals surface area contributed by atoms with Crippen LogP contribution in [0, 0.1) is 0 Å². The van der Waals surface area contributed by atoms with E-state index >= 15 is 0 Å². The van der Waals surface area contributed by atoms with Crippen molar-refractivity contribution in [1.29, 1.82) is 0 Å². The molecule has 0 amide bonds. The van der Waals surface area contributed by atoms with Crippen molar-refractivity contribution in [2.75, 3.05) is 13.2 Å². The van der Waals surface area contributed by atoms with E-state index in [0.717, 1.165) is 24.4 Å². The molecule has 2 aromatic heterocycles. The van der Waals surface area contributed by atoms with Gasteiger partial charge in [-0.1, -0.05) is 0 Å². The van der Waals surface area contributed by atoms with E-state index in [2.05, 4.69) is 0 Å². The molecule has 0 atom stereocenters. The van der Waals surface area contributed by atoms with Gasteiger partial charge < -0.3 is 13.6 Å². The quantitative estimate of drug-likeness (QED) is 0.681. The minimum atomic E-state index is 0.689. The van der Waals surface area contributed by atoms with Crippen molar-refractivity contribution in [3.05, 3.63) is 48.3 Å². The van der Waals surface area contributed by atoms with Gasteiger partial charge in [-0.05, 0) is 24.3 Å². The highest BCUT2D eigenvalue weighted by Gasteiger charge is 1.97. The Kier molecular flexibility index (Phi) is 3.63. The third kappa shape index (κ3) is 3.29. The van der Waals surface area contributed by atoms with Crippen LogP contribution < -0.4 is 0 Å². The monoisotopic (exact) mass is 206 g/mol. The Morgan fingerprint density at radius 2 is 1.40 bits per heavy atom. The Morgan fingerprint density at radius 1 is 0.867 bits per heavy atom. The summed E-state index contributed by atoms with van der Waals surface area (Å²) in [5, 5.41) is 0. The Morgan fingerprint density at radius 3 is 1.80 bits per heavy atom. The summed E-state index contributed by atoms with van der Waals surface area (Å²) in [6.07, 6.45) is 5.01. The van der Waals surface area contributed by atoms with E-state index in [1.807, 2.05) is 24.3 Å². The highest BCUT2D eigenvalue weighted by molar-refractivity contribution is 4.98. The minimum absolute atomic E-state index is 0.689. The van der Waals surface area contributed by atoms with Crippen molar-refractivity contribution in [2.45, 2.75) is 12.8 Å². The van der Waals surface area contributed by atoms with Crippen molar-refractivity contribution < 1.29 is 13.6 Å². The SMILES string of the molecule is c1coc(CCOCCc2ccco2)c1. The van der Waals surface area contributed by atoms with Crippen molar-refractivity contribution in [2.24, 2.45) is 0 Å². The second kappa shape index (κ2) is 5.41. The molecule has 2 aromatic rings. The summed E-state index contributed by atoms with van der Waals surface area (Å²) in [6.45, 7) is 1.38. The van der Waals surface area contributed by atoms with Crippen LogP contribution >= 0.6 is 0 Å². The lowest BCUT2D eigenvalue weighted by Gasteiger charge is -2.00. The second-order valence-electron chi connectivity index (χ2n) is 3.27. The first-order chi connectivity index (χ1) is 7.45. The lowest BCUT2D eigenvalue weighted by atomic mass is 10.3. The van der Waals surface area contributed by atoms with Gasteiger partial charge in [-0.2, -0.15) is 0 Å². The molecule has 0 radical (unpaired) electrons. The van der Waals surface area contributed by atoms with E-state index in [-0.39, 0.29) is 0 Å². The predicted octanol–water partition coefficient (Wildman–Crippen LogP) is 2.67. The average Bonchev–Trinajstić information content (AvgIpc) is 2.88. The highest BCUT2D eigenvalue weighted by Crippen LogP contribution is 2.03. The molecule has 15 heavy (non-hydrogen) atoms. The Hall–Kier alpha value is -1.48. The first-order valence-electron chi connectivity index (χ1n) is 5.07. The molecule has 0 spiro atoms. The normalized spacial score (nSPS) is 10.7. The molecule has 0 saturated carbocycles. The molecular weight excluding hydrogens is 192 g/mol. The molecule has 0 aliphatic rings. The van der Waals surface area contributed by atoms with Gasteiger partial charge in [0.2, 0.25) is 0 Å². The fourth-order valence-electron chi connectivity index (χ4n) is 1.36. The first-order valence-corrected chi connectivity index (χ1v) is 5.07. The van der Waals surface area contributed by atoms with E-state index in [0.29, 0.717) is 13.2 Å². The maximum atomic E-state index is 5.46. The van der Waals surface area contributed by atoms with Crippen LogP contribution in [0.5, 0.6) is 0 Å².